The molecule has 0 spiro atoms. The first-order valence-electron chi connectivity index (χ1n) is 12.0. The summed E-state index contributed by atoms with van der Waals surface area (Å²) < 4.78 is 6.64. The zero-order valence-electron chi connectivity index (χ0n) is 19.7. The number of fused-ring (bicyclic) bond motifs is 3. The topological polar surface area (TPSA) is 64.7 Å². The van der Waals surface area contributed by atoms with Crippen LogP contribution in [0.5, 0.6) is 0 Å². The van der Waals surface area contributed by atoms with Gasteiger partial charge in [-0.3, -0.25) is 19.9 Å². The number of para-hydroxylation sites is 2. The van der Waals surface area contributed by atoms with E-state index in [1.807, 2.05) is 60.9 Å². The highest BCUT2D eigenvalue weighted by Gasteiger charge is 2.16. The Morgan fingerprint density at radius 3 is 1.35 bits per heavy atom. The summed E-state index contributed by atoms with van der Waals surface area (Å²) in [6, 6.07) is 32.4. The molecule has 37 heavy (non-hydrogen) atoms. The Labute approximate surface area is 213 Å². The van der Waals surface area contributed by atoms with E-state index >= 15 is 0 Å². The van der Waals surface area contributed by atoms with E-state index in [1.165, 1.54) is 0 Å². The smallest absolute Gasteiger partial charge is 0.143 e. The van der Waals surface area contributed by atoms with E-state index in [9.17, 15) is 0 Å². The highest BCUT2D eigenvalue weighted by Crippen LogP contribution is 2.40. The van der Waals surface area contributed by atoms with Crippen molar-refractivity contribution in [2.45, 2.75) is 0 Å². The predicted octanol–water partition coefficient (Wildman–Crippen LogP) is 7.83. The highest BCUT2D eigenvalue weighted by molar-refractivity contribution is 6.13. The van der Waals surface area contributed by atoms with Crippen LogP contribution in [0.2, 0.25) is 0 Å². The average molecular weight is 477 g/mol. The lowest BCUT2D eigenvalue weighted by Gasteiger charge is -2.06. The number of hydrogen-bond acceptors (Lipinski definition) is 5. The normalized spacial score (nSPS) is 11.2. The van der Waals surface area contributed by atoms with E-state index < -0.39 is 0 Å². The number of pyridine rings is 4. The number of aromatic nitrogens is 4. The van der Waals surface area contributed by atoms with Gasteiger partial charge in [-0.05, 0) is 59.7 Å². The molecule has 0 N–H and O–H groups in total. The van der Waals surface area contributed by atoms with Crippen molar-refractivity contribution in [2.24, 2.45) is 0 Å². The Bertz CT molecular complexity index is 1740. The van der Waals surface area contributed by atoms with Gasteiger partial charge in [0.05, 0.1) is 22.8 Å². The number of nitrogens with zero attached hydrogens (tertiary/aromatic N) is 4. The lowest BCUT2D eigenvalue weighted by Crippen LogP contribution is -1.88. The summed E-state index contributed by atoms with van der Waals surface area (Å²) in [6.07, 6.45) is 7.21. The molecule has 0 bridgehead atoms. The predicted molar refractivity (Wildman–Crippen MR) is 147 cm³/mol. The third kappa shape index (κ3) is 3.74. The van der Waals surface area contributed by atoms with Crippen LogP contribution < -0.4 is 0 Å². The molecule has 5 heterocycles. The second-order valence-electron chi connectivity index (χ2n) is 8.76. The third-order valence-electron chi connectivity index (χ3n) is 6.52. The van der Waals surface area contributed by atoms with Crippen LogP contribution in [0.1, 0.15) is 0 Å². The quantitative estimate of drug-likeness (QED) is 0.259. The minimum atomic E-state index is 0.825. The van der Waals surface area contributed by atoms with Crippen LogP contribution in [-0.4, -0.2) is 19.9 Å². The van der Waals surface area contributed by atoms with Crippen molar-refractivity contribution in [1.82, 2.24) is 19.9 Å². The molecule has 0 aliphatic carbocycles. The molecular weight excluding hydrogens is 456 g/mol. The first kappa shape index (κ1) is 21.1. The third-order valence-corrected chi connectivity index (χ3v) is 6.52. The summed E-state index contributed by atoms with van der Waals surface area (Å²) in [6.45, 7) is 0. The lowest BCUT2D eigenvalue weighted by molar-refractivity contribution is 0.671. The zero-order chi connectivity index (χ0) is 24.6. The molecule has 7 aromatic rings. The molecule has 7 rings (SSSR count). The summed E-state index contributed by atoms with van der Waals surface area (Å²) in [5.74, 6) is 0. The van der Waals surface area contributed by atoms with Crippen molar-refractivity contribution in [3.05, 3.63) is 122 Å². The van der Waals surface area contributed by atoms with Crippen molar-refractivity contribution in [2.75, 3.05) is 0 Å². The average Bonchev–Trinajstić information content (AvgIpc) is 3.37. The maximum Gasteiger partial charge on any atom is 0.143 e. The first-order valence-corrected chi connectivity index (χ1v) is 12.0. The molecule has 0 radical (unpaired) electrons. The van der Waals surface area contributed by atoms with Crippen molar-refractivity contribution in [3.8, 4) is 45.0 Å². The Morgan fingerprint density at radius 2 is 0.892 bits per heavy atom. The molecule has 0 atom stereocenters. The Kier molecular flexibility index (Phi) is 5.03. The summed E-state index contributed by atoms with van der Waals surface area (Å²) in [7, 11) is 0. The molecule has 0 saturated carbocycles. The fourth-order valence-electron chi connectivity index (χ4n) is 4.78. The second kappa shape index (κ2) is 8.81. The molecule has 174 valence electrons. The van der Waals surface area contributed by atoms with Crippen LogP contribution in [-0.2, 0) is 0 Å². The maximum absolute atomic E-state index is 6.64. The van der Waals surface area contributed by atoms with Crippen LogP contribution >= 0.6 is 0 Å². The van der Waals surface area contributed by atoms with Crippen LogP contribution in [0.25, 0.3) is 67.0 Å². The number of furan rings is 1. The molecule has 5 nitrogen and oxygen atoms in total. The minimum absolute atomic E-state index is 0.825. The van der Waals surface area contributed by atoms with Gasteiger partial charge in [0.2, 0.25) is 0 Å². The number of hydrogen-bond donors (Lipinski definition) is 0. The highest BCUT2D eigenvalue weighted by atomic mass is 16.3. The summed E-state index contributed by atoms with van der Waals surface area (Å²) >= 11 is 0. The molecule has 0 fully saturated rings. The molecule has 0 amide bonds. The van der Waals surface area contributed by atoms with Crippen molar-refractivity contribution in [3.63, 3.8) is 0 Å². The van der Waals surface area contributed by atoms with Crippen molar-refractivity contribution >= 4 is 21.9 Å². The van der Waals surface area contributed by atoms with Crippen LogP contribution in [0.3, 0.4) is 0 Å². The first-order chi connectivity index (χ1) is 18.3. The Morgan fingerprint density at radius 1 is 0.405 bits per heavy atom. The molecule has 2 aromatic carbocycles. The maximum atomic E-state index is 6.64. The van der Waals surface area contributed by atoms with E-state index in [0.29, 0.717) is 0 Å². The van der Waals surface area contributed by atoms with Gasteiger partial charge in [-0.1, -0.05) is 48.5 Å². The molecule has 0 saturated heterocycles. The summed E-state index contributed by atoms with van der Waals surface area (Å²) in [5.41, 5.74) is 9.12. The van der Waals surface area contributed by atoms with Gasteiger partial charge in [-0.25, -0.2) is 0 Å². The zero-order valence-corrected chi connectivity index (χ0v) is 19.7. The minimum Gasteiger partial charge on any atom is -0.455 e. The summed E-state index contributed by atoms with van der Waals surface area (Å²) in [5, 5.41) is 2.15. The van der Waals surface area contributed by atoms with Gasteiger partial charge in [-0.15, -0.1) is 0 Å². The van der Waals surface area contributed by atoms with Gasteiger partial charge >= 0.3 is 0 Å². The van der Waals surface area contributed by atoms with Crippen LogP contribution in [0.4, 0.5) is 0 Å². The standard InChI is InChI=1S/C32H20N4O/c1-3-15-33-27(11-1)29-19-21(13-17-35-29)23-7-5-9-25-26-10-6-8-24(32(26)37-31(23)25)22-14-18-36-30(20-22)28-12-2-4-16-34-28/h1-20H. The van der Waals surface area contributed by atoms with Gasteiger partial charge in [-0.2, -0.15) is 0 Å². The molecule has 5 aromatic heterocycles. The van der Waals surface area contributed by atoms with Crippen molar-refractivity contribution in [1.29, 1.82) is 0 Å². The van der Waals surface area contributed by atoms with Gasteiger partial charge in [0.15, 0.2) is 0 Å². The second-order valence-corrected chi connectivity index (χ2v) is 8.76. The molecule has 5 heteroatoms. The summed E-state index contributed by atoms with van der Waals surface area (Å²) in [4.78, 5) is 18.0. The van der Waals surface area contributed by atoms with Crippen molar-refractivity contribution < 1.29 is 4.42 Å². The van der Waals surface area contributed by atoms with E-state index in [1.54, 1.807) is 12.4 Å². The molecule has 0 aliphatic heterocycles. The van der Waals surface area contributed by atoms with Crippen LogP contribution in [0.15, 0.2) is 126 Å². The lowest BCUT2D eigenvalue weighted by atomic mass is 10.00. The molecule has 0 unspecified atom stereocenters. The van der Waals surface area contributed by atoms with Gasteiger partial charge < -0.3 is 4.42 Å². The largest absolute Gasteiger partial charge is 0.455 e. The Hall–Kier alpha value is -5.16. The number of rotatable bonds is 4. The Balaban J connectivity index is 1.39. The van der Waals surface area contributed by atoms with Gasteiger partial charge in [0, 0.05) is 46.7 Å². The fraction of sp³-hybridized carbons (Fsp3) is 0. The molecule has 0 aliphatic rings. The number of benzene rings is 2. The molecular formula is C32H20N4O. The van der Waals surface area contributed by atoms with E-state index in [4.69, 9.17) is 4.42 Å². The van der Waals surface area contributed by atoms with E-state index in [2.05, 4.69) is 68.5 Å². The van der Waals surface area contributed by atoms with E-state index in [0.717, 1.165) is 67.0 Å². The van der Waals surface area contributed by atoms with E-state index in [-0.39, 0.29) is 0 Å². The van der Waals surface area contributed by atoms with Gasteiger partial charge in [0.1, 0.15) is 11.2 Å². The SMILES string of the molecule is c1ccc(-c2cc(-c3cccc4c3oc3c(-c5ccnc(-c6ccccn6)c5)cccc34)ccn2)nc1. The van der Waals surface area contributed by atoms with Crippen LogP contribution in [0, 0.1) is 0 Å². The van der Waals surface area contributed by atoms with Gasteiger partial charge in [0.25, 0.3) is 0 Å². The monoisotopic (exact) mass is 476 g/mol. The fourth-order valence-corrected chi connectivity index (χ4v) is 4.78.